The molecule has 0 radical (unpaired) electrons. The molecule has 0 bridgehead atoms. The van der Waals surface area contributed by atoms with Crippen molar-refractivity contribution in [2.45, 2.75) is 33.9 Å². The van der Waals surface area contributed by atoms with E-state index in [1.165, 1.54) is 0 Å². The number of aryl methyl sites for hydroxylation is 1. The van der Waals surface area contributed by atoms with Crippen LogP contribution in [0.15, 0.2) is 36.7 Å². The van der Waals surface area contributed by atoms with E-state index in [9.17, 15) is 4.79 Å². The lowest BCUT2D eigenvalue weighted by Gasteiger charge is -2.17. The Labute approximate surface area is 175 Å². The third-order valence-electron chi connectivity index (χ3n) is 4.83. The first kappa shape index (κ1) is 20.9. The van der Waals surface area contributed by atoms with Gasteiger partial charge < -0.3 is 10.2 Å². The highest BCUT2D eigenvalue weighted by atomic mass is 32.1. The lowest BCUT2D eigenvalue weighted by atomic mass is 10.1. The van der Waals surface area contributed by atoms with Gasteiger partial charge in [0, 0.05) is 18.3 Å². The Bertz CT molecular complexity index is 999. The molecule has 154 valence electrons. The minimum Gasteiger partial charge on any atom is -0.322 e. The molecule has 2 N–H and O–H groups in total. The molecule has 1 amide bonds. The van der Waals surface area contributed by atoms with Gasteiger partial charge in [-0.1, -0.05) is 43.7 Å². The number of nitrogens with one attached hydrogen (secondary N) is 2. The monoisotopic (exact) mass is 413 g/mol. The quantitative estimate of drug-likeness (QED) is 0.527. The highest BCUT2D eigenvalue weighted by molar-refractivity contribution is 7.71. The number of aromatic amines is 1. The van der Waals surface area contributed by atoms with E-state index in [1.54, 1.807) is 10.8 Å². The van der Waals surface area contributed by atoms with Crippen LogP contribution in [-0.2, 0) is 17.9 Å². The van der Waals surface area contributed by atoms with Gasteiger partial charge in [0.05, 0.1) is 18.4 Å². The highest BCUT2D eigenvalue weighted by Crippen LogP contribution is 2.18. The fraction of sp³-hybridized carbons (Fsp3) is 0.400. The lowest BCUT2D eigenvalue weighted by Crippen LogP contribution is -2.27. The van der Waals surface area contributed by atoms with Crippen molar-refractivity contribution in [1.29, 1.82) is 0 Å². The van der Waals surface area contributed by atoms with Gasteiger partial charge in [-0.3, -0.25) is 19.1 Å². The lowest BCUT2D eigenvalue weighted by molar-refractivity contribution is -0.116. The van der Waals surface area contributed by atoms with Gasteiger partial charge in [0.1, 0.15) is 6.54 Å². The predicted octanol–water partition coefficient (Wildman–Crippen LogP) is 3.09. The summed E-state index contributed by atoms with van der Waals surface area (Å²) in [7, 11) is 0. The van der Waals surface area contributed by atoms with Gasteiger partial charge in [-0.2, -0.15) is 10.2 Å². The maximum atomic E-state index is 12.6. The molecule has 2 aromatic heterocycles. The van der Waals surface area contributed by atoms with Gasteiger partial charge in [0.2, 0.25) is 5.91 Å². The molecule has 0 saturated heterocycles. The average molecular weight is 414 g/mol. The maximum Gasteiger partial charge on any atom is 0.244 e. The molecule has 0 saturated carbocycles. The molecule has 0 aliphatic rings. The Hall–Kier alpha value is -2.78. The number of benzene rings is 1. The number of carbonyl (C=O) groups excluding carboxylic acids is 1. The molecule has 3 rings (SSSR count). The molecule has 0 spiro atoms. The van der Waals surface area contributed by atoms with Gasteiger partial charge in [0.15, 0.2) is 10.6 Å². The number of carbonyl (C=O) groups is 1. The van der Waals surface area contributed by atoms with E-state index < -0.39 is 0 Å². The first-order chi connectivity index (χ1) is 14.0. The molecular formula is C20H27N7OS. The van der Waals surface area contributed by atoms with Gasteiger partial charge in [0.25, 0.3) is 0 Å². The maximum absolute atomic E-state index is 12.6. The molecule has 8 nitrogen and oxygen atoms in total. The summed E-state index contributed by atoms with van der Waals surface area (Å²) >= 11 is 5.31. The van der Waals surface area contributed by atoms with Crippen molar-refractivity contribution >= 4 is 23.8 Å². The molecule has 0 aliphatic heterocycles. The van der Waals surface area contributed by atoms with Crippen LogP contribution < -0.4 is 5.32 Å². The molecule has 3 aromatic rings. The molecule has 0 fully saturated rings. The van der Waals surface area contributed by atoms with Crippen LogP contribution in [0.4, 0.5) is 5.69 Å². The highest BCUT2D eigenvalue weighted by Gasteiger charge is 2.13. The summed E-state index contributed by atoms with van der Waals surface area (Å²) in [6.07, 6.45) is 3.51. The Morgan fingerprint density at radius 1 is 1.24 bits per heavy atom. The van der Waals surface area contributed by atoms with E-state index in [-0.39, 0.29) is 12.5 Å². The van der Waals surface area contributed by atoms with Crippen LogP contribution in [0.25, 0.3) is 11.4 Å². The van der Waals surface area contributed by atoms with Crippen LogP contribution in [0.2, 0.25) is 0 Å². The third kappa shape index (κ3) is 5.39. The molecule has 2 heterocycles. The van der Waals surface area contributed by atoms with Crippen LogP contribution >= 0.6 is 12.2 Å². The first-order valence-electron chi connectivity index (χ1n) is 9.77. The third-order valence-corrected chi connectivity index (χ3v) is 5.14. The number of amides is 1. The number of hydrogen-bond donors (Lipinski definition) is 2. The second-order valence-corrected chi connectivity index (χ2v) is 7.26. The van der Waals surface area contributed by atoms with Crippen molar-refractivity contribution in [1.82, 2.24) is 29.4 Å². The average Bonchev–Trinajstić information content (AvgIpc) is 3.30. The van der Waals surface area contributed by atoms with E-state index in [0.717, 1.165) is 37.3 Å². The first-order valence-corrected chi connectivity index (χ1v) is 10.2. The van der Waals surface area contributed by atoms with Crippen molar-refractivity contribution < 1.29 is 4.79 Å². The van der Waals surface area contributed by atoms with Gasteiger partial charge >= 0.3 is 0 Å². The second kappa shape index (κ2) is 9.62. The molecule has 0 aliphatic carbocycles. The molecule has 1 aromatic carbocycles. The second-order valence-electron chi connectivity index (χ2n) is 6.87. The zero-order chi connectivity index (χ0) is 20.8. The molecule has 0 unspecified atom stereocenters. The van der Waals surface area contributed by atoms with Crippen LogP contribution in [-0.4, -0.2) is 55.0 Å². The Morgan fingerprint density at radius 2 is 1.97 bits per heavy atom. The predicted molar refractivity (Wildman–Crippen MR) is 116 cm³/mol. The van der Waals surface area contributed by atoms with E-state index >= 15 is 0 Å². The van der Waals surface area contributed by atoms with E-state index in [2.05, 4.69) is 39.4 Å². The summed E-state index contributed by atoms with van der Waals surface area (Å²) in [5.41, 5.74) is 2.73. The van der Waals surface area contributed by atoms with Crippen molar-refractivity contribution in [2.75, 3.05) is 25.0 Å². The molecule has 0 atom stereocenters. The topological polar surface area (TPSA) is 83.8 Å². The van der Waals surface area contributed by atoms with Gasteiger partial charge in [-0.25, -0.2) is 0 Å². The Kier molecular flexibility index (Phi) is 6.95. The summed E-state index contributed by atoms with van der Waals surface area (Å²) in [5.74, 6) is 0.458. The molecular weight excluding hydrogens is 386 g/mol. The number of nitrogens with zero attached hydrogens (tertiary/aromatic N) is 5. The van der Waals surface area contributed by atoms with Crippen LogP contribution in [0.1, 0.15) is 19.4 Å². The fourth-order valence-electron chi connectivity index (χ4n) is 3.07. The number of hydrogen-bond acceptors (Lipinski definition) is 5. The van der Waals surface area contributed by atoms with Crippen LogP contribution in [0.5, 0.6) is 0 Å². The minimum absolute atomic E-state index is 0.0726. The minimum atomic E-state index is -0.181. The van der Waals surface area contributed by atoms with Crippen molar-refractivity contribution in [2.24, 2.45) is 0 Å². The zero-order valence-corrected chi connectivity index (χ0v) is 17.9. The number of rotatable bonds is 9. The van der Waals surface area contributed by atoms with Crippen LogP contribution in [0.3, 0.4) is 0 Å². The summed E-state index contributed by atoms with van der Waals surface area (Å²) in [4.78, 5) is 14.9. The van der Waals surface area contributed by atoms with Gasteiger partial charge in [-0.15, -0.1) is 0 Å². The normalized spacial score (nSPS) is 11.2. The van der Waals surface area contributed by atoms with Crippen molar-refractivity contribution in [3.63, 3.8) is 0 Å². The van der Waals surface area contributed by atoms with Crippen molar-refractivity contribution in [3.8, 4) is 11.4 Å². The number of H-pyrrole nitrogens is 1. The summed E-state index contributed by atoms with van der Waals surface area (Å²) in [6, 6.07) is 7.94. The Balaban J connectivity index is 1.64. The van der Waals surface area contributed by atoms with E-state index in [1.807, 2.05) is 42.1 Å². The smallest absolute Gasteiger partial charge is 0.244 e. The summed E-state index contributed by atoms with van der Waals surface area (Å²) < 4.78 is 3.95. The molecule has 9 heteroatoms. The number of likely N-dealkylation sites (N-methyl/N-ethyl adjacent to an activating group) is 1. The Morgan fingerprint density at radius 3 is 2.66 bits per heavy atom. The summed E-state index contributed by atoms with van der Waals surface area (Å²) in [6.45, 7) is 10.1. The SMILES string of the molecule is CCN(CC)CCn1cc(NC(=O)Cn2c(-c3ccc(C)cc3)n[nH]c2=S)cn1. The largest absolute Gasteiger partial charge is 0.322 e. The molecule has 29 heavy (non-hydrogen) atoms. The number of anilines is 1. The summed E-state index contributed by atoms with van der Waals surface area (Å²) in [5, 5.41) is 14.3. The van der Waals surface area contributed by atoms with E-state index in [4.69, 9.17) is 12.2 Å². The number of aromatic nitrogens is 5. The standard InChI is InChI=1S/C20H27N7OS/c1-4-25(5-2)10-11-26-13-17(12-21-26)22-18(28)14-27-19(23-24-20(27)29)16-8-6-15(3)7-9-16/h6-9,12-13H,4-5,10-11,14H2,1-3H3,(H,22,28)(H,24,29). The van der Waals surface area contributed by atoms with Crippen LogP contribution in [0, 0.1) is 11.7 Å². The van der Waals surface area contributed by atoms with Crippen molar-refractivity contribution in [3.05, 3.63) is 47.0 Å². The van der Waals surface area contributed by atoms with Gasteiger partial charge in [-0.05, 0) is 32.2 Å². The zero-order valence-electron chi connectivity index (χ0n) is 17.1. The fourth-order valence-corrected chi connectivity index (χ4v) is 3.26. The van der Waals surface area contributed by atoms with E-state index in [0.29, 0.717) is 16.3 Å².